The predicted octanol–water partition coefficient (Wildman–Crippen LogP) is 5.11. The van der Waals surface area contributed by atoms with E-state index in [2.05, 4.69) is 4.98 Å². The number of thiazole rings is 1. The van der Waals surface area contributed by atoms with Crippen LogP contribution in [0.5, 0.6) is 5.75 Å². The van der Waals surface area contributed by atoms with Crippen LogP contribution in [-0.2, 0) is 4.79 Å². The average Bonchev–Trinajstić information content (AvgIpc) is 3.39. The van der Waals surface area contributed by atoms with Crippen LogP contribution in [0.2, 0.25) is 0 Å². The molecule has 1 aromatic carbocycles. The smallest absolute Gasteiger partial charge is 0.330 e. The number of urea groups is 1. The lowest BCUT2D eigenvalue weighted by atomic mass is 10.2. The number of ether oxygens (including phenoxy) is 1. The van der Waals surface area contributed by atoms with Crippen molar-refractivity contribution in [3.63, 3.8) is 0 Å². The summed E-state index contributed by atoms with van der Waals surface area (Å²) in [6.45, 7) is 3.96. The lowest BCUT2D eigenvalue weighted by molar-refractivity contribution is -0.133. The van der Waals surface area contributed by atoms with Gasteiger partial charge in [0.05, 0.1) is 22.3 Å². The van der Waals surface area contributed by atoms with Gasteiger partial charge >= 0.3 is 12.0 Å². The number of amides is 2. The highest BCUT2D eigenvalue weighted by atomic mass is 32.2. The minimum absolute atomic E-state index is 0.0295. The number of carboxylic acids is 1. The number of rotatable bonds is 8. The van der Waals surface area contributed by atoms with Gasteiger partial charge in [-0.2, -0.15) is 0 Å². The number of aliphatic carboxylic acids is 1. The van der Waals surface area contributed by atoms with Crippen molar-refractivity contribution < 1.29 is 19.4 Å². The second-order valence-electron chi connectivity index (χ2n) is 7.45. The van der Waals surface area contributed by atoms with Crippen LogP contribution in [0.3, 0.4) is 0 Å². The Balaban J connectivity index is 1.79. The highest BCUT2D eigenvalue weighted by molar-refractivity contribution is 8.01. The molecular formula is C21H27N3O4S2. The zero-order valence-corrected chi connectivity index (χ0v) is 19.0. The lowest BCUT2D eigenvalue weighted by Gasteiger charge is -2.32. The molecule has 0 unspecified atom stereocenters. The summed E-state index contributed by atoms with van der Waals surface area (Å²) in [5.41, 5.74) is 0.840. The van der Waals surface area contributed by atoms with Crippen LogP contribution in [0, 0.1) is 0 Å². The van der Waals surface area contributed by atoms with Crippen molar-refractivity contribution in [1.29, 1.82) is 0 Å². The third kappa shape index (κ3) is 5.66. The molecule has 1 saturated carbocycles. The van der Waals surface area contributed by atoms with Crippen molar-refractivity contribution in [3.8, 4) is 5.75 Å². The Morgan fingerprint density at radius 3 is 2.53 bits per heavy atom. The molecule has 9 heteroatoms. The van der Waals surface area contributed by atoms with E-state index < -0.39 is 5.97 Å². The van der Waals surface area contributed by atoms with Crippen LogP contribution in [0.15, 0.2) is 34.7 Å². The molecule has 162 valence electrons. The highest BCUT2D eigenvalue weighted by Gasteiger charge is 2.31. The Labute approximate surface area is 185 Å². The van der Waals surface area contributed by atoms with Gasteiger partial charge in [-0.1, -0.05) is 24.2 Å². The van der Waals surface area contributed by atoms with Gasteiger partial charge < -0.3 is 9.84 Å². The maximum Gasteiger partial charge on any atom is 0.330 e. The Morgan fingerprint density at radius 1 is 1.27 bits per heavy atom. The third-order valence-corrected chi connectivity index (χ3v) is 7.02. The van der Waals surface area contributed by atoms with Crippen molar-refractivity contribution in [2.45, 2.75) is 55.9 Å². The van der Waals surface area contributed by atoms with E-state index >= 15 is 0 Å². The van der Waals surface area contributed by atoms with Gasteiger partial charge in [-0.15, -0.1) is 11.8 Å². The molecule has 1 heterocycles. The summed E-state index contributed by atoms with van der Waals surface area (Å²) in [6.07, 6.45) is 5.88. The Bertz CT molecular complexity index is 863. The molecule has 1 aliphatic rings. The van der Waals surface area contributed by atoms with Gasteiger partial charge in [0.15, 0.2) is 5.13 Å². The van der Waals surface area contributed by atoms with Gasteiger partial charge in [-0.25, -0.2) is 9.78 Å². The molecule has 7 nitrogen and oxygen atoms in total. The van der Waals surface area contributed by atoms with Gasteiger partial charge in [-0.05, 0) is 51.0 Å². The summed E-state index contributed by atoms with van der Waals surface area (Å²) in [5, 5.41) is 9.40. The normalized spacial score (nSPS) is 14.1. The van der Waals surface area contributed by atoms with Crippen LogP contribution in [0.1, 0.15) is 39.5 Å². The molecule has 0 radical (unpaired) electrons. The van der Waals surface area contributed by atoms with E-state index in [9.17, 15) is 9.59 Å². The molecule has 2 amide bonds. The van der Waals surface area contributed by atoms with E-state index in [0.717, 1.165) is 41.3 Å². The van der Waals surface area contributed by atoms with Crippen molar-refractivity contribution in [2.75, 3.05) is 22.6 Å². The Hall–Kier alpha value is -2.26. The summed E-state index contributed by atoms with van der Waals surface area (Å²) in [7, 11) is 1.71. The number of nitrogens with zero attached hydrogens (tertiary/aromatic N) is 3. The first-order chi connectivity index (χ1) is 14.3. The minimum Gasteiger partial charge on any atom is -0.491 e. The first kappa shape index (κ1) is 22.4. The molecule has 2 aromatic rings. The van der Waals surface area contributed by atoms with Gasteiger partial charge in [-0.3, -0.25) is 14.6 Å². The summed E-state index contributed by atoms with van der Waals surface area (Å²) < 4.78 is 6.50. The fourth-order valence-corrected chi connectivity index (χ4v) is 5.08. The van der Waals surface area contributed by atoms with Crippen LogP contribution >= 0.6 is 23.1 Å². The molecule has 0 bridgehead atoms. The molecule has 1 fully saturated rings. The summed E-state index contributed by atoms with van der Waals surface area (Å²) in [5.74, 6) is -0.129. The summed E-state index contributed by atoms with van der Waals surface area (Å²) >= 11 is 2.53. The number of carbonyl (C=O) groups is 2. The largest absolute Gasteiger partial charge is 0.491 e. The van der Waals surface area contributed by atoms with E-state index in [1.807, 2.05) is 43.0 Å². The quantitative estimate of drug-likeness (QED) is 0.564. The van der Waals surface area contributed by atoms with E-state index in [4.69, 9.17) is 9.84 Å². The van der Waals surface area contributed by atoms with Crippen molar-refractivity contribution in [2.24, 2.45) is 0 Å². The molecule has 0 aliphatic heterocycles. The zero-order chi connectivity index (χ0) is 21.7. The van der Waals surface area contributed by atoms with Gasteiger partial charge in [0.25, 0.3) is 0 Å². The lowest BCUT2D eigenvalue weighted by Crippen LogP contribution is -2.46. The molecule has 0 atom stereocenters. The van der Waals surface area contributed by atoms with E-state index in [1.165, 1.54) is 23.1 Å². The molecule has 0 saturated heterocycles. The molecule has 30 heavy (non-hydrogen) atoms. The van der Waals surface area contributed by atoms with Gasteiger partial charge in [0, 0.05) is 18.8 Å². The standard InChI is InChI=1S/C21H27N3O4S2/c1-14(2)28-17-10-8-16(9-11-17)24(15-6-4-5-7-15)21(27)23(3)20-22-12-19(30-20)29-13-18(25)26/h8-12,14-15H,4-7,13H2,1-3H3,(H,25,26). The Kier molecular flexibility index (Phi) is 7.60. The number of hydrogen-bond acceptors (Lipinski definition) is 6. The summed E-state index contributed by atoms with van der Waals surface area (Å²) in [6, 6.07) is 7.67. The average molecular weight is 450 g/mol. The number of aromatic nitrogens is 1. The first-order valence-corrected chi connectivity index (χ1v) is 11.8. The van der Waals surface area contributed by atoms with Crippen LogP contribution in [0.25, 0.3) is 0 Å². The van der Waals surface area contributed by atoms with E-state index in [0.29, 0.717) is 5.13 Å². The van der Waals surface area contributed by atoms with Crippen molar-refractivity contribution >= 4 is 45.9 Å². The number of hydrogen-bond donors (Lipinski definition) is 1. The molecule has 1 aliphatic carbocycles. The predicted molar refractivity (Wildman–Crippen MR) is 121 cm³/mol. The Morgan fingerprint density at radius 2 is 1.93 bits per heavy atom. The number of thioether (sulfide) groups is 1. The maximum atomic E-state index is 13.5. The van der Waals surface area contributed by atoms with Crippen LogP contribution < -0.4 is 14.5 Å². The van der Waals surface area contributed by atoms with Crippen molar-refractivity contribution in [1.82, 2.24) is 4.98 Å². The molecule has 1 aromatic heterocycles. The molecule has 0 spiro atoms. The van der Waals surface area contributed by atoms with Crippen molar-refractivity contribution in [3.05, 3.63) is 30.5 Å². The second-order valence-corrected chi connectivity index (χ2v) is 9.74. The number of anilines is 2. The summed E-state index contributed by atoms with van der Waals surface area (Å²) in [4.78, 5) is 32.0. The van der Waals surface area contributed by atoms with Crippen LogP contribution in [0.4, 0.5) is 15.6 Å². The van der Waals surface area contributed by atoms with Gasteiger partial charge in [0.1, 0.15) is 5.75 Å². The second kappa shape index (κ2) is 10.2. The van der Waals surface area contributed by atoms with E-state index in [1.54, 1.807) is 18.1 Å². The number of benzene rings is 1. The maximum absolute atomic E-state index is 13.5. The zero-order valence-electron chi connectivity index (χ0n) is 17.4. The highest BCUT2D eigenvalue weighted by Crippen LogP contribution is 2.34. The number of carboxylic acid groups (broad SMARTS) is 1. The minimum atomic E-state index is -0.878. The fourth-order valence-electron chi connectivity index (χ4n) is 3.45. The topological polar surface area (TPSA) is 83.0 Å². The van der Waals surface area contributed by atoms with Crippen LogP contribution in [-0.4, -0.2) is 47.0 Å². The third-order valence-electron chi connectivity index (χ3n) is 4.77. The number of carbonyl (C=O) groups excluding carboxylic acids is 1. The SMILES string of the molecule is CC(C)Oc1ccc(N(C(=O)N(C)c2ncc(SCC(=O)O)s2)C2CCCC2)cc1. The molecule has 1 N–H and O–H groups in total. The molecule has 3 rings (SSSR count). The van der Waals surface area contributed by atoms with E-state index in [-0.39, 0.29) is 23.9 Å². The van der Waals surface area contributed by atoms with Gasteiger partial charge in [0.2, 0.25) is 0 Å². The first-order valence-electron chi connectivity index (χ1n) is 9.99. The fraction of sp³-hybridized carbons (Fsp3) is 0.476. The molecular weight excluding hydrogens is 422 g/mol. The monoisotopic (exact) mass is 449 g/mol.